The van der Waals surface area contributed by atoms with E-state index in [2.05, 4.69) is 25.1 Å². The average Bonchev–Trinajstić information content (AvgIpc) is 3.46. The Hall–Kier alpha value is -4.31. The van der Waals surface area contributed by atoms with E-state index in [1.54, 1.807) is 65.7 Å². The van der Waals surface area contributed by atoms with Crippen LogP contribution in [-0.4, -0.2) is 34.9 Å². The lowest BCUT2D eigenvalue weighted by atomic mass is 10.1. The van der Waals surface area contributed by atoms with Crippen LogP contribution in [0.1, 0.15) is 21.5 Å². The van der Waals surface area contributed by atoms with E-state index in [0.29, 0.717) is 29.2 Å². The Balaban J connectivity index is 1.21. The number of fused-ring (bicyclic) bond motifs is 1. The highest BCUT2D eigenvalue weighted by Gasteiger charge is 2.28. The van der Waals surface area contributed by atoms with Gasteiger partial charge in [-0.1, -0.05) is 18.2 Å². The lowest BCUT2D eigenvalue weighted by Crippen LogP contribution is -2.23. The van der Waals surface area contributed by atoms with Crippen LogP contribution in [0.2, 0.25) is 0 Å². The zero-order valence-corrected chi connectivity index (χ0v) is 18.0. The monoisotopic (exact) mass is 458 g/mol. The Morgan fingerprint density at radius 1 is 0.970 bits per heavy atom. The molecule has 0 saturated carbocycles. The number of amides is 1. The fraction of sp³-hybridized carbons (Fsp3) is 0.0435. The predicted octanol–water partition coefficient (Wildman–Crippen LogP) is 2.76. The van der Waals surface area contributed by atoms with Gasteiger partial charge in [0.25, 0.3) is 15.9 Å². The normalized spacial score (nSPS) is 13.8. The molecule has 1 amide bonds. The third-order valence-corrected chi connectivity index (χ3v) is 6.38. The SMILES string of the molecule is O=C(NCc1ccc(-n2cccn2)nc1)c1ccc(NC2=NS(=O)(=O)c3ccccc32)cc1. The number of benzene rings is 2. The van der Waals surface area contributed by atoms with E-state index >= 15 is 0 Å². The van der Waals surface area contributed by atoms with Crippen molar-refractivity contribution in [1.82, 2.24) is 20.1 Å². The van der Waals surface area contributed by atoms with Gasteiger partial charge >= 0.3 is 0 Å². The number of carbonyl (C=O) groups is 1. The number of hydrogen-bond acceptors (Lipinski definition) is 6. The maximum Gasteiger partial charge on any atom is 0.285 e. The van der Waals surface area contributed by atoms with Gasteiger partial charge in [0.1, 0.15) is 4.90 Å². The van der Waals surface area contributed by atoms with Gasteiger partial charge in [-0.15, -0.1) is 4.40 Å². The molecule has 9 nitrogen and oxygen atoms in total. The molecule has 0 fully saturated rings. The summed E-state index contributed by atoms with van der Waals surface area (Å²) in [6, 6.07) is 18.9. The lowest BCUT2D eigenvalue weighted by molar-refractivity contribution is 0.0951. The average molecular weight is 459 g/mol. The van der Waals surface area contributed by atoms with Crippen LogP contribution in [0, 0.1) is 0 Å². The van der Waals surface area contributed by atoms with Crippen LogP contribution < -0.4 is 10.6 Å². The van der Waals surface area contributed by atoms with Crippen molar-refractivity contribution < 1.29 is 13.2 Å². The van der Waals surface area contributed by atoms with Crippen molar-refractivity contribution in [2.45, 2.75) is 11.4 Å². The molecule has 0 bridgehead atoms. The second-order valence-corrected chi connectivity index (χ2v) is 8.84. The van der Waals surface area contributed by atoms with Gasteiger partial charge < -0.3 is 10.6 Å². The van der Waals surface area contributed by atoms with E-state index in [-0.39, 0.29) is 16.6 Å². The minimum absolute atomic E-state index is 0.177. The summed E-state index contributed by atoms with van der Waals surface area (Å²) >= 11 is 0. The summed E-state index contributed by atoms with van der Waals surface area (Å²) in [5.41, 5.74) is 2.47. The minimum atomic E-state index is -3.69. The summed E-state index contributed by atoms with van der Waals surface area (Å²) in [5.74, 6) is 0.721. The van der Waals surface area contributed by atoms with Crippen LogP contribution >= 0.6 is 0 Å². The Morgan fingerprint density at radius 2 is 1.79 bits per heavy atom. The summed E-state index contributed by atoms with van der Waals surface area (Å²) in [4.78, 5) is 17.0. The van der Waals surface area contributed by atoms with Gasteiger partial charge in [-0.05, 0) is 54.1 Å². The van der Waals surface area contributed by atoms with Crippen molar-refractivity contribution in [2.75, 3.05) is 5.32 Å². The third kappa shape index (κ3) is 4.23. The van der Waals surface area contributed by atoms with Crippen molar-refractivity contribution in [3.8, 4) is 5.82 Å². The maximum atomic E-state index is 12.5. The van der Waals surface area contributed by atoms with E-state index in [9.17, 15) is 13.2 Å². The largest absolute Gasteiger partial charge is 0.348 e. The molecule has 3 heterocycles. The van der Waals surface area contributed by atoms with Crippen molar-refractivity contribution in [3.05, 3.63) is 102 Å². The van der Waals surface area contributed by atoms with E-state index in [0.717, 1.165) is 5.56 Å². The van der Waals surface area contributed by atoms with E-state index < -0.39 is 10.0 Å². The molecule has 2 aromatic carbocycles. The zero-order chi connectivity index (χ0) is 22.8. The molecule has 1 aliphatic rings. The zero-order valence-electron chi connectivity index (χ0n) is 17.2. The Kier molecular flexibility index (Phi) is 5.19. The molecule has 33 heavy (non-hydrogen) atoms. The number of amidine groups is 1. The molecule has 164 valence electrons. The second-order valence-electron chi connectivity index (χ2n) is 7.27. The smallest absolute Gasteiger partial charge is 0.285 e. The van der Waals surface area contributed by atoms with E-state index in [1.807, 2.05) is 18.2 Å². The molecule has 5 rings (SSSR count). The van der Waals surface area contributed by atoms with Crippen molar-refractivity contribution >= 4 is 27.5 Å². The second kappa shape index (κ2) is 8.32. The van der Waals surface area contributed by atoms with Crippen LogP contribution in [0.4, 0.5) is 5.69 Å². The number of pyridine rings is 1. The summed E-state index contributed by atoms with van der Waals surface area (Å²) in [7, 11) is -3.69. The molecule has 4 aromatic rings. The molecule has 0 aliphatic carbocycles. The number of sulfonamides is 1. The number of rotatable bonds is 5. The first-order chi connectivity index (χ1) is 16.0. The minimum Gasteiger partial charge on any atom is -0.348 e. The first kappa shape index (κ1) is 20.6. The topological polar surface area (TPSA) is 118 Å². The van der Waals surface area contributed by atoms with Gasteiger partial charge in [-0.2, -0.15) is 13.5 Å². The summed E-state index contributed by atoms with van der Waals surface area (Å²) < 4.78 is 29.8. The number of hydrogen-bond donors (Lipinski definition) is 2. The highest BCUT2D eigenvalue weighted by atomic mass is 32.2. The number of nitrogens with zero attached hydrogens (tertiary/aromatic N) is 4. The Bertz CT molecular complexity index is 1450. The van der Waals surface area contributed by atoms with Gasteiger partial charge in [0.2, 0.25) is 0 Å². The molecule has 0 spiro atoms. The molecule has 0 saturated heterocycles. The summed E-state index contributed by atoms with van der Waals surface area (Å²) in [5, 5.41) is 10.0. The van der Waals surface area contributed by atoms with Gasteiger partial charge in [-0.25, -0.2) is 9.67 Å². The molecule has 10 heteroatoms. The molecular formula is C23H18N6O3S. The maximum absolute atomic E-state index is 12.5. The van der Waals surface area contributed by atoms with Crippen molar-refractivity contribution in [1.29, 1.82) is 0 Å². The quantitative estimate of drug-likeness (QED) is 0.475. The number of nitrogens with one attached hydrogen (secondary N) is 2. The van der Waals surface area contributed by atoms with Crippen LogP contribution in [0.5, 0.6) is 0 Å². The van der Waals surface area contributed by atoms with Gasteiger partial charge in [0.05, 0.1) is 0 Å². The Labute approximate surface area is 189 Å². The number of anilines is 1. The standard InChI is InChI=1S/C23H18N6O3S/c30-23(25-15-16-6-11-21(24-14-16)29-13-3-12-26-29)17-7-9-18(10-8-17)27-22-19-4-1-2-5-20(19)33(31,32)28-22/h1-14H,15H2,(H,25,30)(H,27,28). The first-order valence-corrected chi connectivity index (χ1v) is 11.5. The van der Waals surface area contributed by atoms with Crippen LogP contribution in [0.15, 0.2) is 94.6 Å². The lowest BCUT2D eigenvalue weighted by Gasteiger charge is -2.09. The highest BCUT2D eigenvalue weighted by molar-refractivity contribution is 7.90. The number of aromatic nitrogens is 3. The van der Waals surface area contributed by atoms with Gasteiger partial charge in [0.15, 0.2) is 11.7 Å². The highest BCUT2D eigenvalue weighted by Crippen LogP contribution is 2.26. The molecule has 2 aromatic heterocycles. The fourth-order valence-corrected chi connectivity index (χ4v) is 4.56. The van der Waals surface area contributed by atoms with Crippen LogP contribution in [-0.2, 0) is 16.6 Å². The molecule has 1 aliphatic heterocycles. The Morgan fingerprint density at radius 3 is 2.52 bits per heavy atom. The van der Waals surface area contributed by atoms with Gasteiger partial charge in [0, 0.05) is 41.9 Å². The predicted molar refractivity (Wildman–Crippen MR) is 123 cm³/mol. The molecule has 0 radical (unpaired) electrons. The van der Waals surface area contributed by atoms with Gasteiger partial charge in [-0.3, -0.25) is 4.79 Å². The van der Waals surface area contributed by atoms with Crippen LogP contribution in [0.25, 0.3) is 5.82 Å². The molecule has 0 unspecified atom stereocenters. The van der Waals surface area contributed by atoms with Crippen LogP contribution in [0.3, 0.4) is 0 Å². The third-order valence-electron chi connectivity index (χ3n) is 5.04. The van der Waals surface area contributed by atoms with E-state index in [4.69, 9.17) is 0 Å². The van der Waals surface area contributed by atoms with E-state index in [1.165, 1.54) is 6.07 Å². The summed E-state index contributed by atoms with van der Waals surface area (Å²) in [6.07, 6.45) is 5.18. The summed E-state index contributed by atoms with van der Waals surface area (Å²) in [6.45, 7) is 0.330. The molecule has 2 N–H and O–H groups in total. The molecular weight excluding hydrogens is 440 g/mol. The van der Waals surface area contributed by atoms with Crippen molar-refractivity contribution in [3.63, 3.8) is 0 Å². The fourth-order valence-electron chi connectivity index (χ4n) is 3.38. The van der Waals surface area contributed by atoms with Crippen molar-refractivity contribution in [2.24, 2.45) is 4.40 Å². The first-order valence-electron chi connectivity index (χ1n) is 10.0. The molecule has 0 atom stereocenters. The number of carbonyl (C=O) groups excluding carboxylic acids is 1.